The number of hydrogen-bond donors (Lipinski definition) is 0. The number of hydrogen-bond acceptors (Lipinski definition) is 1. The Bertz CT molecular complexity index is 529. The predicted octanol–water partition coefficient (Wildman–Crippen LogP) is 4.08. The first-order valence-corrected chi connectivity index (χ1v) is 7.84. The Morgan fingerprint density at radius 2 is 1.90 bits per heavy atom. The molecule has 1 aromatic heterocycles. The quantitative estimate of drug-likeness (QED) is 0.811. The van der Waals surface area contributed by atoms with Gasteiger partial charge in [-0.2, -0.15) is 0 Å². The van der Waals surface area contributed by atoms with E-state index in [1.807, 2.05) is 0 Å². The second-order valence-corrected chi connectivity index (χ2v) is 5.68. The van der Waals surface area contributed by atoms with Crippen LogP contribution in [-0.4, -0.2) is 22.6 Å². The summed E-state index contributed by atoms with van der Waals surface area (Å²) in [6.07, 6.45) is 6.02. The van der Waals surface area contributed by atoms with Crippen LogP contribution in [-0.2, 0) is 6.54 Å². The Balaban J connectivity index is 1.98. The van der Waals surface area contributed by atoms with Gasteiger partial charge in [0.1, 0.15) is 0 Å². The molecule has 0 fully saturated rings. The van der Waals surface area contributed by atoms with Crippen molar-refractivity contribution >= 4 is 0 Å². The molecule has 0 aliphatic carbocycles. The molecule has 0 amide bonds. The van der Waals surface area contributed by atoms with Gasteiger partial charge in [-0.1, -0.05) is 43.7 Å². The molecule has 20 heavy (non-hydrogen) atoms. The minimum atomic E-state index is 0.417. The molecule has 1 atom stereocenters. The maximum atomic E-state index is 2.66. The Kier molecular flexibility index (Phi) is 4.22. The number of benzene rings is 1. The molecule has 3 rings (SSSR count). The smallest absolute Gasteiger partial charge is 0.0756 e. The van der Waals surface area contributed by atoms with Crippen molar-refractivity contribution < 1.29 is 0 Å². The van der Waals surface area contributed by atoms with Gasteiger partial charge in [-0.05, 0) is 37.1 Å². The lowest BCUT2D eigenvalue weighted by atomic mass is 10.0. The Hall–Kier alpha value is -1.54. The molecule has 0 N–H and O–H groups in total. The van der Waals surface area contributed by atoms with E-state index in [2.05, 4.69) is 65.1 Å². The van der Waals surface area contributed by atoms with Gasteiger partial charge in [0.15, 0.2) is 0 Å². The van der Waals surface area contributed by atoms with Crippen LogP contribution in [0, 0.1) is 0 Å². The van der Waals surface area contributed by atoms with E-state index in [4.69, 9.17) is 0 Å². The lowest BCUT2D eigenvalue weighted by Crippen LogP contribution is -2.30. The van der Waals surface area contributed by atoms with Gasteiger partial charge in [0.2, 0.25) is 0 Å². The van der Waals surface area contributed by atoms with Crippen LogP contribution in [0.1, 0.15) is 43.5 Å². The van der Waals surface area contributed by atoms with E-state index >= 15 is 0 Å². The van der Waals surface area contributed by atoms with Crippen LogP contribution in [0.15, 0.2) is 48.7 Å². The highest BCUT2D eigenvalue weighted by molar-refractivity contribution is 5.29. The Labute approximate surface area is 122 Å². The molecule has 1 unspecified atom stereocenters. The molecule has 1 aliphatic rings. The zero-order valence-corrected chi connectivity index (χ0v) is 12.3. The summed E-state index contributed by atoms with van der Waals surface area (Å²) < 4.78 is 2.43. The first kappa shape index (κ1) is 13.4. The molecule has 0 bridgehead atoms. The van der Waals surface area contributed by atoms with Gasteiger partial charge in [0, 0.05) is 25.0 Å². The summed E-state index contributed by atoms with van der Waals surface area (Å²) in [4.78, 5) is 2.66. The van der Waals surface area contributed by atoms with Gasteiger partial charge in [0.05, 0.1) is 6.04 Å². The Morgan fingerprint density at radius 1 is 1.05 bits per heavy atom. The van der Waals surface area contributed by atoms with E-state index in [9.17, 15) is 0 Å². The van der Waals surface area contributed by atoms with Crippen LogP contribution < -0.4 is 0 Å². The van der Waals surface area contributed by atoms with Crippen LogP contribution in [0.5, 0.6) is 0 Å². The average molecular weight is 268 g/mol. The molecule has 2 nitrogen and oxygen atoms in total. The third kappa shape index (κ3) is 2.66. The molecule has 0 spiro atoms. The monoisotopic (exact) mass is 268 g/mol. The summed E-state index contributed by atoms with van der Waals surface area (Å²) in [5.74, 6) is 0. The van der Waals surface area contributed by atoms with Crippen LogP contribution >= 0.6 is 0 Å². The van der Waals surface area contributed by atoms with Crippen molar-refractivity contribution in [3.05, 3.63) is 59.9 Å². The molecule has 1 aliphatic heterocycles. The number of aromatic nitrogens is 1. The molecule has 2 heteroatoms. The summed E-state index contributed by atoms with van der Waals surface area (Å²) in [6, 6.07) is 15.9. The van der Waals surface area contributed by atoms with E-state index in [0.29, 0.717) is 6.04 Å². The lowest BCUT2D eigenvalue weighted by molar-refractivity contribution is 0.226. The van der Waals surface area contributed by atoms with E-state index in [1.165, 1.54) is 43.6 Å². The van der Waals surface area contributed by atoms with Gasteiger partial charge in [-0.3, -0.25) is 4.90 Å². The molecular weight excluding hydrogens is 244 g/mol. The summed E-state index contributed by atoms with van der Waals surface area (Å²) in [6.45, 7) is 5.81. The normalized spacial score (nSPS) is 19.6. The van der Waals surface area contributed by atoms with Crippen LogP contribution in [0.2, 0.25) is 0 Å². The maximum absolute atomic E-state index is 2.66. The molecule has 106 valence electrons. The number of unbranched alkanes of at least 4 members (excludes halogenated alkanes) is 1. The first-order valence-electron chi connectivity index (χ1n) is 7.84. The molecule has 0 saturated carbocycles. The molecule has 0 saturated heterocycles. The SMILES string of the molecule is CCCCN1CCCn2cccc2C1c1ccccc1. The fourth-order valence-corrected chi connectivity index (χ4v) is 3.26. The molecule has 2 heterocycles. The third-order valence-corrected chi connectivity index (χ3v) is 4.27. The van der Waals surface area contributed by atoms with Crippen molar-refractivity contribution in [2.75, 3.05) is 13.1 Å². The van der Waals surface area contributed by atoms with Crippen LogP contribution in [0.25, 0.3) is 0 Å². The van der Waals surface area contributed by atoms with Crippen molar-refractivity contribution in [2.45, 2.75) is 38.8 Å². The van der Waals surface area contributed by atoms with E-state index in [-0.39, 0.29) is 0 Å². The van der Waals surface area contributed by atoms with Crippen molar-refractivity contribution in [3.63, 3.8) is 0 Å². The number of rotatable bonds is 4. The van der Waals surface area contributed by atoms with Crippen LogP contribution in [0.4, 0.5) is 0 Å². The molecule has 1 aromatic carbocycles. The van der Waals surface area contributed by atoms with Crippen LogP contribution in [0.3, 0.4) is 0 Å². The summed E-state index contributed by atoms with van der Waals surface area (Å²) >= 11 is 0. The van der Waals surface area contributed by atoms with E-state index in [1.54, 1.807) is 0 Å². The lowest BCUT2D eigenvalue weighted by Gasteiger charge is -2.30. The third-order valence-electron chi connectivity index (χ3n) is 4.27. The van der Waals surface area contributed by atoms with Crippen molar-refractivity contribution in [1.29, 1.82) is 0 Å². The fraction of sp³-hybridized carbons (Fsp3) is 0.444. The van der Waals surface area contributed by atoms with Crippen molar-refractivity contribution in [2.24, 2.45) is 0 Å². The minimum Gasteiger partial charge on any atom is -0.350 e. The summed E-state index contributed by atoms with van der Waals surface area (Å²) in [5, 5.41) is 0. The highest BCUT2D eigenvalue weighted by atomic mass is 15.2. The van der Waals surface area contributed by atoms with Crippen molar-refractivity contribution in [3.8, 4) is 0 Å². The van der Waals surface area contributed by atoms with Gasteiger partial charge in [-0.15, -0.1) is 0 Å². The largest absolute Gasteiger partial charge is 0.350 e. The topological polar surface area (TPSA) is 8.17 Å². The number of nitrogens with zero attached hydrogens (tertiary/aromatic N) is 2. The zero-order chi connectivity index (χ0) is 13.8. The second-order valence-electron chi connectivity index (χ2n) is 5.68. The average Bonchev–Trinajstić information content (AvgIpc) is 2.87. The number of aryl methyl sites for hydroxylation is 1. The molecule has 0 radical (unpaired) electrons. The summed E-state index contributed by atoms with van der Waals surface area (Å²) in [5.41, 5.74) is 2.87. The highest BCUT2D eigenvalue weighted by Gasteiger charge is 2.26. The maximum Gasteiger partial charge on any atom is 0.0756 e. The van der Waals surface area contributed by atoms with E-state index < -0.39 is 0 Å². The number of fused-ring (bicyclic) bond motifs is 1. The van der Waals surface area contributed by atoms with E-state index in [0.717, 1.165) is 6.54 Å². The Morgan fingerprint density at radius 3 is 2.70 bits per heavy atom. The zero-order valence-electron chi connectivity index (χ0n) is 12.3. The van der Waals surface area contributed by atoms with Crippen molar-refractivity contribution in [1.82, 2.24) is 9.47 Å². The highest BCUT2D eigenvalue weighted by Crippen LogP contribution is 2.31. The molecule has 2 aromatic rings. The van der Waals surface area contributed by atoms with Gasteiger partial charge in [-0.25, -0.2) is 0 Å². The summed E-state index contributed by atoms with van der Waals surface area (Å²) in [7, 11) is 0. The minimum absolute atomic E-state index is 0.417. The first-order chi connectivity index (χ1) is 9.90. The standard InChI is InChI=1S/C18H24N2/c1-2-3-12-20-15-8-14-19-13-7-11-17(19)18(20)16-9-5-4-6-10-16/h4-7,9-11,13,18H,2-3,8,12,14-15H2,1H3. The fourth-order valence-electron chi connectivity index (χ4n) is 3.26. The predicted molar refractivity (Wildman–Crippen MR) is 83.8 cm³/mol. The van der Waals surface area contributed by atoms with Gasteiger partial charge < -0.3 is 4.57 Å². The van der Waals surface area contributed by atoms with Gasteiger partial charge >= 0.3 is 0 Å². The molecular formula is C18H24N2. The van der Waals surface area contributed by atoms with Gasteiger partial charge in [0.25, 0.3) is 0 Å². The second kappa shape index (κ2) is 6.27.